The van der Waals surface area contributed by atoms with Crippen LogP contribution in [0.1, 0.15) is 18.5 Å². The fraction of sp³-hybridized carbons (Fsp3) is 0.167. The third-order valence-corrected chi connectivity index (χ3v) is 3.76. The number of rotatable bonds is 5. The lowest BCUT2D eigenvalue weighted by atomic mass is 10.2. The van der Waals surface area contributed by atoms with Crippen LogP contribution in [-0.2, 0) is 11.3 Å². The highest BCUT2D eigenvalue weighted by Gasteiger charge is 2.18. The molecule has 0 radical (unpaired) electrons. The van der Waals surface area contributed by atoms with Gasteiger partial charge >= 0.3 is 0 Å². The molecule has 2 heterocycles. The monoisotopic (exact) mass is 341 g/mol. The molecule has 1 atom stereocenters. The zero-order valence-corrected chi connectivity index (χ0v) is 13.5. The summed E-state index contributed by atoms with van der Waals surface area (Å²) in [5.41, 5.74) is 0.398. The summed E-state index contributed by atoms with van der Waals surface area (Å²) in [5.74, 6) is -0.340. The van der Waals surface area contributed by atoms with E-state index in [0.29, 0.717) is 17.0 Å². The van der Waals surface area contributed by atoms with Crippen LogP contribution >= 0.6 is 0 Å². The Morgan fingerprint density at radius 1 is 1.24 bits per heavy atom. The maximum Gasteiger partial charge on any atom is 0.267 e. The van der Waals surface area contributed by atoms with E-state index in [0.717, 1.165) is 4.68 Å². The molecule has 128 valence electrons. The molecule has 3 rings (SSSR count). The fourth-order valence-electron chi connectivity index (χ4n) is 2.34. The topological polar surface area (TPSA) is 77.1 Å². The van der Waals surface area contributed by atoms with E-state index < -0.39 is 23.3 Å². The molecule has 2 aromatic heterocycles. The van der Waals surface area contributed by atoms with Crippen molar-refractivity contribution in [1.29, 1.82) is 0 Å². The summed E-state index contributed by atoms with van der Waals surface area (Å²) in [5, 5.41) is 6.80. The summed E-state index contributed by atoms with van der Waals surface area (Å²) < 4.78 is 19.9. The quantitative estimate of drug-likeness (QED) is 0.773. The minimum Gasteiger partial charge on any atom is -0.463 e. The summed E-state index contributed by atoms with van der Waals surface area (Å²) in [4.78, 5) is 24.4. The molecule has 0 fully saturated rings. The van der Waals surface area contributed by atoms with Gasteiger partial charge in [0, 0.05) is 18.2 Å². The molecule has 7 heteroatoms. The molecule has 6 nitrogen and oxygen atoms in total. The van der Waals surface area contributed by atoms with Crippen molar-refractivity contribution in [2.45, 2.75) is 19.5 Å². The minimum atomic E-state index is -0.853. The standard InChI is InChI=1S/C18H16FN3O3/c1-12(18(24)20-11-13-5-2-3-6-14(13)19)22-17(23)9-8-15(21-22)16-7-4-10-25-16/h2-10,12H,11H2,1H3,(H,20,24). The van der Waals surface area contributed by atoms with Crippen LogP contribution < -0.4 is 10.9 Å². The lowest BCUT2D eigenvalue weighted by Gasteiger charge is -2.14. The second-order valence-corrected chi connectivity index (χ2v) is 5.46. The SMILES string of the molecule is CC(C(=O)NCc1ccccc1F)n1nc(-c2ccco2)ccc1=O. The predicted octanol–water partition coefficient (Wildman–Crippen LogP) is 2.52. The van der Waals surface area contributed by atoms with Gasteiger partial charge in [0.25, 0.3) is 5.56 Å². The molecule has 1 unspecified atom stereocenters. The number of amides is 1. The number of carbonyl (C=O) groups excluding carboxylic acids is 1. The molecule has 0 spiro atoms. The number of halogens is 1. The number of hydrogen-bond acceptors (Lipinski definition) is 4. The molecule has 1 amide bonds. The van der Waals surface area contributed by atoms with Crippen molar-refractivity contribution < 1.29 is 13.6 Å². The van der Waals surface area contributed by atoms with E-state index in [4.69, 9.17) is 4.42 Å². The van der Waals surface area contributed by atoms with Crippen LogP contribution in [0.25, 0.3) is 11.5 Å². The number of nitrogens with one attached hydrogen (secondary N) is 1. The fourth-order valence-corrected chi connectivity index (χ4v) is 2.34. The van der Waals surface area contributed by atoms with Crippen LogP contribution in [-0.4, -0.2) is 15.7 Å². The Morgan fingerprint density at radius 2 is 2.04 bits per heavy atom. The van der Waals surface area contributed by atoms with Crippen molar-refractivity contribution in [1.82, 2.24) is 15.1 Å². The van der Waals surface area contributed by atoms with E-state index in [1.54, 1.807) is 37.3 Å². The molecule has 1 aromatic carbocycles. The van der Waals surface area contributed by atoms with Crippen molar-refractivity contribution in [2.24, 2.45) is 0 Å². The second-order valence-electron chi connectivity index (χ2n) is 5.46. The Morgan fingerprint density at radius 3 is 2.76 bits per heavy atom. The van der Waals surface area contributed by atoms with Crippen molar-refractivity contribution in [3.8, 4) is 11.5 Å². The Bertz CT molecular complexity index is 935. The lowest BCUT2D eigenvalue weighted by molar-refractivity contribution is -0.124. The van der Waals surface area contributed by atoms with Gasteiger partial charge < -0.3 is 9.73 Å². The van der Waals surface area contributed by atoms with E-state index in [1.807, 2.05) is 0 Å². The van der Waals surface area contributed by atoms with Gasteiger partial charge in [0.15, 0.2) is 5.76 Å². The van der Waals surface area contributed by atoms with Gasteiger partial charge in [-0.1, -0.05) is 18.2 Å². The maximum atomic E-state index is 13.6. The van der Waals surface area contributed by atoms with E-state index >= 15 is 0 Å². The number of carbonyl (C=O) groups is 1. The van der Waals surface area contributed by atoms with Gasteiger partial charge in [0.2, 0.25) is 5.91 Å². The highest BCUT2D eigenvalue weighted by atomic mass is 19.1. The van der Waals surface area contributed by atoms with Crippen molar-refractivity contribution in [3.05, 3.63) is 76.5 Å². The summed E-state index contributed by atoms with van der Waals surface area (Å²) in [6.07, 6.45) is 1.50. The summed E-state index contributed by atoms with van der Waals surface area (Å²) >= 11 is 0. The molecule has 0 aliphatic heterocycles. The normalized spacial score (nSPS) is 11.9. The minimum absolute atomic E-state index is 0.0302. The molecule has 3 aromatic rings. The molecule has 0 saturated carbocycles. The number of furan rings is 1. The van der Waals surface area contributed by atoms with Crippen molar-refractivity contribution in [2.75, 3.05) is 0 Å². The van der Waals surface area contributed by atoms with Gasteiger partial charge in [-0.15, -0.1) is 0 Å². The van der Waals surface area contributed by atoms with Gasteiger partial charge in [-0.05, 0) is 31.2 Å². The van der Waals surface area contributed by atoms with E-state index in [9.17, 15) is 14.0 Å². The number of hydrogen-bond donors (Lipinski definition) is 1. The van der Waals surface area contributed by atoms with E-state index in [2.05, 4.69) is 10.4 Å². The van der Waals surface area contributed by atoms with Crippen LogP contribution in [0, 0.1) is 5.82 Å². The van der Waals surface area contributed by atoms with Crippen LogP contribution in [0.3, 0.4) is 0 Å². The second kappa shape index (κ2) is 7.12. The van der Waals surface area contributed by atoms with Crippen LogP contribution in [0.5, 0.6) is 0 Å². The third kappa shape index (κ3) is 3.65. The highest BCUT2D eigenvalue weighted by molar-refractivity contribution is 5.79. The number of nitrogens with zero attached hydrogens (tertiary/aromatic N) is 2. The first-order valence-corrected chi connectivity index (χ1v) is 7.71. The molecule has 0 aliphatic carbocycles. The first-order valence-electron chi connectivity index (χ1n) is 7.71. The van der Waals surface area contributed by atoms with Crippen molar-refractivity contribution in [3.63, 3.8) is 0 Å². The highest BCUT2D eigenvalue weighted by Crippen LogP contribution is 2.16. The Kier molecular flexibility index (Phi) is 4.74. The van der Waals surface area contributed by atoms with Crippen LogP contribution in [0.2, 0.25) is 0 Å². The zero-order valence-electron chi connectivity index (χ0n) is 13.5. The third-order valence-electron chi connectivity index (χ3n) is 3.76. The maximum absolute atomic E-state index is 13.6. The van der Waals surface area contributed by atoms with E-state index in [1.165, 1.54) is 24.5 Å². The molecular formula is C18H16FN3O3. The smallest absolute Gasteiger partial charge is 0.267 e. The molecule has 0 saturated heterocycles. The molecule has 0 aliphatic rings. The van der Waals surface area contributed by atoms with Crippen molar-refractivity contribution >= 4 is 5.91 Å². The Balaban J connectivity index is 1.77. The molecule has 1 N–H and O–H groups in total. The molecular weight excluding hydrogens is 325 g/mol. The van der Waals surface area contributed by atoms with E-state index in [-0.39, 0.29) is 6.54 Å². The van der Waals surface area contributed by atoms with Gasteiger partial charge in [0.05, 0.1) is 6.26 Å². The predicted molar refractivity (Wildman–Crippen MR) is 89.2 cm³/mol. The van der Waals surface area contributed by atoms with Crippen LogP contribution in [0.4, 0.5) is 4.39 Å². The number of benzene rings is 1. The molecule has 0 bridgehead atoms. The van der Waals surface area contributed by atoms with Gasteiger partial charge in [-0.25, -0.2) is 9.07 Å². The molecule has 25 heavy (non-hydrogen) atoms. The zero-order chi connectivity index (χ0) is 17.8. The average Bonchev–Trinajstić information content (AvgIpc) is 3.15. The Labute approximate surface area is 142 Å². The van der Waals surface area contributed by atoms with Gasteiger partial charge in [-0.3, -0.25) is 9.59 Å². The summed E-state index contributed by atoms with van der Waals surface area (Å²) in [7, 11) is 0. The van der Waals surface area contributed by atoms with Crippen LogP contribution in [0.15, 0.2) is 64.0 Å². The Hall–Kier alpha value is -3.22. The lowest BCUT2D eigenvalue weighted by Crippen LogP contribution is -2.36. The van der Waals surface area contributed by atoms with Gasteiger partial charge in [-0.2, -0.15) is 5.10 Å². The summed E-state index contributed by atoms with van der Waals surface area (Å²) in [6.45, 7) is 1.58. The number of aromatic nitrogens is 2. The first-order chi connectivity index (χ1) is 12.1. The largest absolute Gasteiger partial charge is 0.463 e. The first kappa shape index (κ1) is 16.6. The average molecular weight is 341 g/mol. The summed E-state index contributed by atoms with van der Waals surface area (Å²) in [6, 6.07) is 11.6. The van der Waals surface area contributed by atoms with Gasteiger partial charge in [0.1, 0.15) is 17.6 Å².